The molecule has 0 atom stereocenters. The van der Waals surface area contributed by atoms with Crippen molar-refractivity contribution in [1.29, 1.82) is 0 Å². The number of rotatable bonds is 5. The minimum Gasteiger partial charge on any atom is -0.481 e. The van der Waals surface area contributed by atoms with Crippen LogP contribution in [0.3, 0.4) is 0 Å². The summed E-state index contributed by atoms with van der Waals surface area (Å²) in [6.45, 7) is 0. The van der Waals surface area contributed by atoms with Crippen LogP contribution in [0.2, 0.25) is 0 Å². The average Bonchev–Trinajstić information content (AvgIpc) is 2.48. The van der Waals surface area contributed by atoms with Gasteiger partial charge in [0.05, 0.1) is 11.5 Å². The van der Waals surface area contributed by atoms with E-state index in [0.717, 1.165) is 17.1 Å². The molecule has 0 spiro atoms. The summed E-state index contributed by atoms with van der Waals surface area (Å²) in [6.07, 6.45) is 0.987. The van der Waals surface area contributed by atoms with Gasteiger partial charge in [0.25, 0.3) is 0 Å². The molecule has 1 fully saturated rings. The Kier molecular flexibility index (Phi) is 3.86. The number of hydrogen-bond donors (Lipinski definition) is 1. The number of methoxy groups -OCH3 is 1. The van der Waals surface area contributed by atoms with Crippen molar-refractivity contribution in [1.82, 2.24) is 0 Å². The largest absolute Gasteiger partial charge is 0.481 e. The molecule has 0 amide bonds. The van der Waals surface area contributed by atoms with E-state index in [1.54, 1.807) is 7.11 Å². The number of carbonyl (C=O) groups is 1. The van der Waals surface area contributed by atoms with Gasteiger partial charge in [0.1, 0.15) is 11.5 Å². The van der Waals surface area contributed by atoms with Gasteiger partial charge in [0.2, 0.25) is 0 Å². The molecule has 0 radical (unpaired) electrons. The molecular formula is C18H18O4. The molecule has 4 nitrogen and oxygen atoms in total. The Morgan fingerprint density at radius 2 is 1.77 bits per heavy atom. The van der Waals surface area contributed by atoms with Gasteiger partial charge in [-0.25, -0.2) is 0 Å². The van der Waals surface area contributed by atoms with Gasteiger partial charge in [-0.15, -0.1) is 0 Å². The van der Waals surface area contributed by atoms with Crippen LogP contribution in [0, 0.1) is 5.92 Å². The van der Waals surface area contributed by atoms with Gasteiger partial charge in [0.15, 0.2) is 0 Å². The zero-order chi connectivity index (χ0) is 15.6. The monoisotopic (exact) mass is 298 g/mol. The molecule has 0 aromatic heterocycles. The van der Waals surface area contributed by atoms with Crippen LogP contribution in [0.5, 0.6) is 11.5 Å². The Morgan fingerprint density at radius 3 is 2.41 bits per heavy atom. The van der Waals surface area contributed by atoms with E-state index >= 15 is 0 Å². The van der Waals surface area contributed by atoms with Crippen molar-refractivity contribution < 1.29 is 19.4 Å². The Morgan fingerprint density at radius 1 is 1.09 bits per heavy atom. The Hall–Kier alpha value is -2.33. The summed E-state index contributed by atoms with van der Waals surface area (Å²) in [6, 6.07) is 17.2. The Balaban J connectivity index is 1.80. The van der Waals surface area contributed by atoms with Crippen LogP contribution in [0.15, 0.2) is 54.6 Å². The highest BCUT2D eigenvalue weighted by atomic mass is 16.5. The number of aliphatic carboxylic acids is 1. The average molecular weight is 298 g/mol. The zero-order valence-corrected chi connectivity index (χ0v) is 12.4. The smallest absolute Gasteiger partial charge is 0.306 e. The lowest BCUT2D eigenvalue weighted by molar-refractivity contribution is -0.164. The molecule has 114 valence electrons. The van der Waals surface area contributed by atoms with E-state index in [2.05, 4.69) is 0 Å². The second kappa shape index (κ2) is 5.81. The maximum Gasteiger partial charge on any atom is 0.306 e. The minimum atomic E-state index is -0.760. The van der Waals surface area contributed by atoms with Crippen molar-refractivity contribution in [2.24, 2.45) is 5.92 Å². The first-order chi connectivity index (χ1) is 10.6. The van der Waals surface area contributed by atoms with Crippen LogP contribution in [-0.4, -0.2) is 18.2 Å². The summed E-state index contributed by atoms with van der Waals surface area (Å²) in [5.41, 5.74) is 0.444. The SMILES string of the molecule is COC1(c2cccc(Oc3ccccc3)c2)CC(C(=O)O)C1. The van der Waals surface area contributed by atoms with Crippen LogP contribution in [0.25, 0.3) is 0 Å². The van der Waals surface area contributed by atoms with Gasteiger partial charge in [-0.1, -0.05) is 30.3 Å². The number of benzene rings is 2. The lowest BCUT2D eigenvalue weighted by Gasteiger charge is -2.45. The molecule has 4 heteroatoms. The van der Waals surface area contributed by atoms with E-state index in [1.165, 1.54) is 0 Å². The van der Waals surface area contributed by atoms with Crippen LogP contribution < -0.4 is 4.74 Å². The van der Waals surface area contributed by atoms with Gasteiger partial charge in [-0.05, 0) is 42.7 Å². The van der Waals surface area contributed by atoms with E-state index < -0.39 is 11.6 Å². The fourth-order valence-corrected chi connectivity index (χ4v) is 2.90. The molecule has 0 bridgehead atoms. The molecule has 1 saturated carbocycles. The van der Waals surface area contributed by atoms with Gasteiger partial charge in [-0.2, -0.15) is 0 Å². The zero-order valence-electron chi connectivity index (χ0n) is 12.4. The fourth-order valence-electron chi connectivity index (χ4n) is 2.90. The van der Waals surface area contributed by atoms with Crippen molar-refractivity contribution in [2.45, 2.75) is 18.4 Å². The van der Waals surface area contributed by atoms with Crippen LogP contribution >= 0.6 is 0 Å². The second-order valence-electron chi connectivity index (χ2n) is 5.58. The second-order valence-corrected chi connectivity index (χ2v) is 5.58. The molecule has 22 heavy (non-hydrogen) atoms. The summed E-state index contributed by atoms with van der Waals surface area (Å²) in [7, 11) is 1.63. The van der Waals surface area contributed by atoms with Crippen molar-refractivity contribution in [3.05, 3.63) is 60.2 Å². The number of carboxylic acids is 1. The molecule has 2 aromatic carbocycles. The van der Waals surface area contributed by atoms with E-state index in [1.807, 2.05) is 54.6 Å². The molecule has 1 N–H and O–H groups in total. The maximum absolute atomic E-state index is 11.0. The van der Waals surface area contributed by atoms with Crippen molar-refractivity contribution in [3.63, 3.8) is 0 Å². The van der Waals surface area contributed by atoms with E-state index in [-0.39, 0.29) is 5.92 Å². The van der Waals surface area contributed by atoms with E-state index in [0.29, 0.717) is 12.8 Å². The summed E-state index contributed by atoms with van der Waals surface area (Å²) < 4.78 is 11.5. The number of hydrogen-bond acceptors (Lipinski definition) is 3. The molecule has 1 aliphatic rings. The third-order valence-electron chi connectivity index (χ3n) is 4.23. The van der Waals surface area contributed by atoms with Gasteiger partial charge in [-0.3, -0.25) is 4.79 Å². The number of ether oxygens (including phenoxy) is 2. The quantitative estimate of drug-likeness (QED) is 0.911. The third kappa shape index (κ3) is 2.70. The summed E-state index contributed by atoms with van der Waals surface area (Å²) in [4.78, 5) is 11.0. The first-order valence-electron chi connectivity index (χ1n) is 7.24. The van der Waals surface area contributed by atoms with Crippen LogP contribution in [0.1, 0.15) is 18.4 Å². The number of carboxylic acid groups (broad SMARTS) is 1. The molecule has 0 unspecified atom stereocenters. The Bertz CT molecular complexity index is 660. The highest BCUT2D eigenvalue weighted by Crippen LogP contribution is 2.49. The van der Waals surface area contributed by atoms with Crippen molar-refractivity contribution in [3.8, 4) is 11.5 Å². The van der Waals surface area contributed by atoms with Gasteiger partial charge in [0, 0.05) is 7.11 Å². The van der Waals surface area contributed by atoms with Gasteiger partial charge >= 0.3 is 5.97 Å². The molecule has 0 heterocycles. The summed E-state index contributed by atoms with van der Waals surface area (Å²) in [5.74, 6) is 0.394. The number of para-hydroxylation sites is 1. The molecular weight excluding hydrogens is 280 g/mol. The highest BCUT2D eigenvalue weighted by Gasteiger charge is 2.49. The molecule has 2 aromatic rings. The summed E-state index contributed by atoms with van der Waals surface area (Å²) >= 11 is 0. The minimum absolute atomic E-state index is 0.335. The summed E-state index contributed by atoms with van der Waals surface area (Å²) in [5, 5.41) is 9.08. The van der Waals surface area contributed by atoms with Gasteiger partial charge < -0.3 is 14.6 Å². The van der Waals surface area contributed by atoms with Crippen molar-refractivity contribution >= 4 is 5.97 Å². The highest BCUT2D eigenvalue weighted by molar-refractivity contribution is 5.72. The first-order valence-corrected chi connectivity index (χ1v) is 7.24. The molecule has 0 aliphatic heterocycles. The topological polar surface area (TPSA) is 55.8 Å². The normalized spacial score (nSPS) is 23.6. The van der Waals surface area contributed by atoms with Crippen LogP contribution in [0.4, 0.5) is 0 Å². The predicted molar refractivity (Wildman–Crippen MR) is 82.0 cm³/mol. The van der Waals surface area contributed by atoms with E-state index in [4.69, 9.17) is 14.6 Å². The predicted octanol–water partition coefficient (Wildman–Crippen LogP) is 3.82. The standard InChI is InChI=1S/C18H18O4/c1-21-18(11-13(12-18)17(19)20)14-6-5-9-16(10-14)22-15-7-3-2-4-8-15/h2-10,13H,11-12H2,1H3,(H,19,20). The first kappa shape index (κ1) is 14.6. The third-order valence-corrected chi connectivity index (χ3v) is 4.23. The lowest BCUT2D eigenvalue weighted by Crippen LogP contribution is -2.46. The van der Waals surface area contributed by atoms with Crippen molar-refractivity contribution in [2.75, 3.05) is 7.11 Å². The molecule has 0 saturated heterocycles. The molecule has 3 rings (SSSR count). The van der Waals surface area contributed by atoms with Crippen LogP contribution in [-0.2, 0) is 15.1 Å². The lowest BCUT2D eigenvalue weighted by atomic mass is 9.67. The fraction of sp³-hybridized carbons (Fsp3) is 0.278. The van der Waals surface area contributed by atoms with E-state index in [9.17, 15) is 4.79 Å². The maximum atomic E-state index is 11.0. The Labute approximate surface area is 129 Å². The molecule has 1 aliphatic carbocycles.